The zero-order chi connectivity index (χ0) is 14.4. The van der Waals surface area contributed by atoms with Crippen molar-refractivity contribution in [1.82, 2.24) is 15.1 Å². The first-order valence-corrected chi connectivity index (χ1v) is 8.44. The molecule has 1 aliphatic carbocycles. The molecular weight excluding hydrogens is 250 g/mol. The van der Waals surface area contributed by atoms with Crippen LogP contribution in [-0.2, 0) is 4.79 Å². The lowest BCUT2D eigenvalue weighted by Crippen LogP contribution is -2.47. The molecule has 1 saturated carbocycles. The van der Waals surface area contributed by atoms with Crippen LogP contribution in [0.25, 0.3) is 0 Å². The van der Waals surface area contributed by atoms with Crippen molar-refractivity contribution < 1.29 is 4.79 Å². The molecule has 2 aliphatic rings. The average molecular weight is 281 g/mol. The van der Waals surface area contributed by atoms with Crippen molar-refractivity contribution in [3.05, 3.63) is 0 Å². The van der Waals surface area contributed by atoms with Crippen LogP contribution in [0.15, 0.2) is 0 Å². The van der Waals surface area contributed by atoms with Gasteiger partial charge in [-0.1, -0.05) is 12.8 Å². The summed E-state index contributed by atoms with van der Waals surface area (Å²) in [7, 11) is 0. The van der Waals surface area contributed by atoms with Crippen LogP contribution in [0.4, 0.5) is 0 Å². The second kappa shape index (κ2) is 7.41. The highest BCUT2D eigenvalue weighted by Crippen LogP contribution is 2.42. The van der Waals surface area contributed by atoms with Gasteiger partial charge in [0, 0.05) is 39.3 Å². The second-order valence-corrected chi connectivity index (χ2v) is 6.31. The molecule has 0 radical (unpaired) electrons. The van der Waals surface area contributed by atoms with Gasteiger partial charge in [0.2, 0.25) is 5.91 Å². The summed E-state index contributed by atoms with van der Waals surface area (Å²) in [6.45, 7) is 11.4. The lowest BCUT2D eigenvalue weighted by atomic mass is 9.80. The minimum absolute atomic E-state index is 0.0447. The molecule has 0 aromatic heterocycles. The molecule has 1 saturated heterocycles. The van der Waals surface area contributed by atoms with Crippen molar-refractivity contribution in [2.75, 3.05) is 45.8 Å². The fourth-order valence-corrected chi connectivity index (χ4v) is 3.78. The van der Waals surface area contributed by atoms with Crippen LogP contribution >= 0.6 is 0 Å². The Morgan fingerprint density at radius 1 is 1.15 bits per heavy atom. The van der Waals surface area contributed by atoms with Crippen LogP contribution in [0.1, 0.15) is 46.0 Å². The monoisotopic (exact) mass is 281 g/mol. The van der Waals surface area contributed by atoms with E-state index in [-0.39, 0.29) is 5.41 Å². The Morgan fingerprint density at radius 3 is 2.30 bits per heavy atom. The summed E-state index contributed by atoms with van der Waals surface area (Å²) in [5.74, 6) is 0.426. The maximum Gasteiger partial charge on any atom is 0.228 e. The van der Waals surface area contributed by atoms with E-state index in [1.807, 2.05) is 4.90 Å². The topological polar surface area (TPSA) is 35.6 Å². The van der Waals surface area contributed by atoms with Crippen LogP contribution in [0.5, 0.6) is 0 Å². The quantitative estimate of drug-likeness (QED) is 0.805. The first-order valence-electron chi connectivity index (χ1n) is 8.44. The largest absolute Gasteiger partial charge is 0.343 e. The van der Waals surface area contributed by atoms with Crippen LogP contribution in [0.2, 0.25) is 0 Å². The Hall–Kier alpha value is -0.610. The van der Waals surface area contributed by atoms with E-state index in [0.717, 1.165) is 65.1 Å². The number of amides is 1. The molecule has 0 spiro atoms. The number of carbonyl (C=O) groups is 1. The maximum absolute atomic E-state index is 12.9. The summed E-state index contributed by atoms with van der Waals surface area (Å²) >= 11 is 0. The molecule has 0 aromatic carbocycles. The number of nitrogens with one attached hydrogen (secondary N) is 1. The summed E-state index contributed by atoms with van der Waals surface area (Å²) in [5.41, 5.74) is -0.0447. The highest BCUT2D eigenvalue weighted by Gasteiger charge is 2.42. The van der Waals surface area contributed by atoms with Crippen molar-refractivity contribution in [3.63, 3.8) is 0 Å². The first-order chi connectivity index (χ1) is 9.72. The normalized spacial score (nSPS) is 22.9. The van der Waals surface area contributed by atoms with Crippen LogP contribution in [0, 0.1) is 5.41 Å². The molecule has 1 heterocycles. The predicted octanol–water partition coefficient (Wildman–Crippen LogP) is 1.71. The molecule has 0 aromatic rings. The lowest BCUT2D eigenvalue weighted by molar-refractivity contribution is -0.142. The third-order valence-electron chi connectivity index (χ3n) is 5.18. The number of hydrogen-bond acceptors (Lipinski definition) is 3. The summed E-state index contributed by atoms with van der Waals surface area (Å²) in [5, 5.41) is 3.39. The molecule has 0 bridgehead atoms. The Bertz CT molecular complexity index is 303. The summed E-state index contributed by atoms with van der Waals surface area (Å²) in [6.07, 6.45) is 5.73. The van der Waals surface area contributed by atoms with Crippen molar-refractivity contribution in [1.29, 1.82) is 0 Å². The predicted molar refractivity (Wildman–Crippen MR) is 82.8 cm³/mol. The van der Waals surface area contributed by atoms with Crippen LogP contribution in [0.3, 0.4) is 0 Å². The second-order valence-electron chi connectivity index (χ2n) is 6.31. The minimum Gasteiger partial charge on any atom is -0.343 e. The van der Waals surface area contributed by atoms with Crippen LogP contribution in [-0.4, -0.2) is 61.5 Å². The van der Waals surface area contributed by atoms with Gasteiger partial charge in [-0.15, -0.1) is 0 Å². The summed E-state index contributed by atoms with van der Waals surface area (Å²) in [4.78, 5) is 17.5. The van der Waals surface area contributed by atoms with E-state index in [1.165, 1.54) is 12.8 Å². The van der Waals surface area contributed by atoms with Gasteiger partial charge in [-0.3, -0.25) is 4.79 Å². The van der Waals surface area contributed by atoms with Gasteiger partial charge < -0.3 is 15.1 Å². The molecule has 1 N–H and O–H groups in total. The number of carbonyl (C=O) groups excluding carboxylic acids is 1. The van der Waals surface area contributed by atoms with E-state index in [4.69, 9.17) is 0 Å². The SMILES string of the molecule is CCN(CC)C(=O)C1(CCN2CCNCC2)CCCC1. The summed E-state index contributed by atoms with van der Waals surface area (Å²) < 4.78 is 0. The van der Waals surface area contributed by atoms with Gasteiger partial charge >= 0.3 is 0 Å². The molecule has 4 nitrogen and oxygen atoms in total. The molecule has 0 unspecified atom stereocenters. The fourth-order valence-electron chi connectivity index (χ4n) is 3.78. The van der Waals surface area contributed by atoms with Gasteiger partial charge in [-0.2, -0.15) is 0 Å². The average Bonchev–Trinajstić information content (AvgIpc) is 2.97. The number of nitrogens with zero attached hydrogens (tertiary/aromatic N) is 2. The van der Waals surface area contributed by atoms with Gasteiger partial charge in [0.25, 0.3) is 0 Å². The third kappa shape index (κ3) is 3.53. The van der Waals surface area contributed by atoms with Crippen molar-refractivity contribution in [2.24, 2.45) is 5.41 Å². The molecule has 20 heavy (non-hydrogen) atoms. The molecule has 1 amide bonds. The maximum atomic E-state index is 12.9. The van der Waals surface area contributed by atoms with E-state index in [0.29, 0.717) is 5.91 Å². The molecule has 2 rings (SSSR count). The molecular formula is C16H31N3O. The zero-order valence-corrected chi connectivity index (χ0v) is 13.3. The third-order valence-corrected chi connectivity index (χ3v) is 5.18. The van der Waals surface area contributed by atoms with Crippen LogP contribution < -0.4 is 5.32 Å². The number of rotatable bonds is 6. The van der Waals surface area contributed by atoms with Crippen molar-refractivity contribution in [2.45, 2.75) is 46.0 Å². The Kier molecular flexibility index (Phi) is 5.85. The molecule has 1 aliphatic heterocycles. The highest BCUT2D eigenvalue weighted by atomic mass is 16.2. The number of piperazine rings is 1. The minimum atomic E-state index is -0.0447. The first kappa shape index (κ1) is 15.8. The van der Waals surface area contributed by atoms with Gasteiger partial charge in [0.05, 0.1) is 5.41 Å². The van der Waals surface area contributed by atoms with Crippen molar-refractivity contribution >= 4 is 5.91 Å². The van der Waals surface area contributed by atoms with Gasteiger partial charge in [-0.25, -0.2) is 0 Å². The van der Waals surface area contributed by atoms with Gasteiger partial charge in [-0.05, 0) is 39.7 Å². The Balaban J connectivity index is 1.95. The molecule has 4 heteroatoms. The molecule has 116 valence electrons. The smallest absolute Gasteiger partial charge is 0.228 e. The van der Waals surface area contributed by atoms with E-state index >= 15 is 0 Å². The Morgan fingerprint density at radius 2 is 1.75 bits per heavy atom. The molecule has 0 atom stereocenters. The van der Waals surface area contributed by atoms with Gasteiger partial charge in [0.1, 0.15) is 0 Å². The van der Waals surface area contributed by atoms with E-state index in [1.54, 1.807) is 0 Å². The van der Waals surface area contributed by atoms with E-state index in [2.05, 4.69) is 24.1 Å². The summed E-state index contributed by atoms with van der Waals surface area (Å²) in [6, 6.07) is 0. The highest BCUT2D eigenvalue weighted by molar-refractivity contribution is 5.83. The lowest BCUT2D eigenvalue weighted by Gasteiger charge is -2.36. The fraction of sp³-hybridized carbons (Fsp3) is 0.938. The zero-order valence-electron chi connectivity index (χ0n) is 13.3. The van der Waals surface area contributed by atoms with Crippen molar-refractivity contribution in [3.8, 4) is 0 Å². The van der Waals surface area contributed by atoms with E-state index < -0.39 is 0 Å². The molecule has 2 fully saturated rings. The van der Waals surface area contributed by atoms with E-state index in [9.17, 15) is 4.79 Å². The number of hydrogen-bond donors (Lipinski definition) is 1. The van der Waals surface area contributed by atoms with Gasteiger partial charge in [0.15, 0.2) is 0 Å². The standard InChI is InChI=1S/C16H31N3O/c1-3-19(4-2)15(20)16(7-5-6-8-16)9-12-18-13-10-17-11-14-18/h17H,3-14H2,1-2H3. The Labute approximate surface area is 123 Å².